The van der Waals surface area contributed by atoms with Crippen LogP contribution in [0.2, 0.25) is 0 Å². The summed E-state index contributed by atoms with van der Waals surface area (Å²) in [4.78, 5) is 32.1. The summed E-state index contributed by atoms with van der Waals surface area (Å²) in [5.74, 6) is -1.78. The van der Waals surface area contributed by atoms with E-state index in [2.05, 4.69) is 15.6 Å². The molecule has 3 heterocycles. The number of benzene rings is 4. The molecule has 59 heavy (non-hydrogen) atoms. The molecule has 0 spiro atoms. The summed E-state index contributed by atoms with van der Waals surface area (Å²) < 4.78 is 118. The van der Waals surface area contributed by atoms with Crippen molar-refractivity contribution in [3.63, 3.8) is 0 Å². The lowest BCUT2D eigenvalue weighted by atomic mass is 10.1. The Labute approximate surface area is 332 Å². The lowest BCUT2D eigenvalue weighted by Gasteiger charge is -2.19. The number of nitrogens with one attached hydrogen (secondary N) is 2. The fourth-order valence-corrected chi connectivity index (χ4v) is 6.57. The van der Waals surface area contributed by atoms with Gasteiger partial charge in [0.05, 0.1) is 16.7 Å². The minimum atomic E-state index is -4.47. The maximum Gasteiger partial charge on any atom is 0.416 e. The molecule has 4 aromatic carbocycles. The molecule has 17 heteroatoms. The summed E-state index contributed by atoms with van der Waals surface area (Å²) in [6.45, 7) is 3.73. The molecule has 0 bridgehead atoms. The molecular weight excluding hydrogens is 791 g/mol. The molecule has 0 fully saturated rings. The minimum Gasteiger partial charge on any atom is -0.399 e. The van der Waals surface area contributed by atoms with E-state index in [1.807, 2.05) is 23.1 Å². The first-order valence-electron chi connectivity index (χ1n) is 18.0. The molecule has 7 rings (SSSR count). The van der Waals surface area contributed by atoms with Crippen LogP contribution in [0.15, 0.2) is 97.2 Å². The number of nitrogen functional groups attached to an aromatic ring is 1. The Morgan fingerprint density at radius 3 is 1.76 bits per heavy atom. The van der Waals surface area contributed by atoms with Crippen LogP contribution in [0.25, 0.3) is 0 Å². The van der Waals surface area contributed by atoms with Crippen LogP contribution >= 0.6 is 0 Å². The van der Waals surface area contributed by atoms with Gasteiger partial charge in [0.25, 0.3) is 18.2 Å². The highest BCUT2D eigenvalue weighted by Crippen LogP contribution is 2.37. The van der Waals surface area contributed by atoms with Gasteiger partial charge in [-0.05, 0) is 108 Å². The van der Waals surface area contributed by atoms with E-state index in [4.69, 9.17) is 5.73 Å². The number of nitrogens with zero attached hydrogens (tertiary/aromatic N) is 3. The van der Waals surface area contributed by atoms with E-state index in [1.165, 1.54) is 18.2 Å². The zero-order valence-electron chi connectivity index (χ0n) is 31.5. The van der Waals surface area contributed by atoms with Gasteiger partial charge >= 0.3 is 12.4 Å². The van der Waals surface area contributed by atoms with Gasteiger partial charge in [0, 0.05) is 61.7 Å². The SMILES string of the molecule is CC(C)(F)C(=O)NCc1cnc(C(F)F)c(C(=O)Nc2ccc3c(c2)CN(c2cccc(C(F)(F)F)c2)C3)c1.Nc1ccc2c(c1)CN(c1cccc(C(F)(F)F)c1)C2. The highest BCUT2D eigenvalue weighted by atomic mass is 19.4. The topological polar surface area (TPSA) is 104 Å². The lowest BCUT2D eigenvalue weighted by molar-refractivity contribution is -0.138. The summed E-state index contributed by atoms with van der Waals surface area (Å²) in [6.07, 6.45) is -10.8. The number of fused-ring (bicyclic) bond motifs is 2. The number of hydrogen-bond acceptors (Lipinski definition) is 6. The van der Waals surface area contributed by atoms with Crippen molar-refractivity contribution in [2.24, 2.45) is 0 Å². The summed E-state index contributed by atoms with van der Waals surface area (Å²) >= 11 is 0. The van der Waals surface area contributed by atoms with E-state index in [-0.39, 0.29) is 18.7 Å². The van der Waals surface area contributed by atoms with E-state index >= 15 is 0 Å². The first kappa shape index (κ1) is 42.3. The van der Waals surface area contributed by atoms with Gasteiger partial charge in [0.2, 0.25) is 0 Å². The second-order valence-electron chi connectivity index (χ2n) is 14.5. The summed E-state index contributed by atoms with van der Waals surface area (Å²) in [5.41, 5.74) is 6.95. The Balaban J connectivity index is 0.000000244. The number of pyridine rings is 1. The Morgan fingerprint density at radius 2 is 1.24 bits per heavy atom. The Hall–Kier alpha value is -6.26. The number of halogens is 9. The summed E-state index contributed by atoms with van der Waals surface area (Å²) in [5, 5.41) is 4.88. The molecule has 2 aliphatic rings. The van der Waals surface area contributed by atoms with Crippen molar-refractivity contribution in [3.05, 3.63) is 147 Å². The Kier molecular flexibility index (Phi) is 11.9. The molecule has 0 saturated heterocycles. The highest BCUT2D eigenvalue weighted by molar-refractivity contribution is 6.05. The third kappa shape index (κ3) is 10.3. The van der Waals surface area contributed by atoms with E-state index in [0.717, 1.165) is 66.6 Å². The molecule has 0 aliphatic carbocycles. The van der Waals surface area contributed by atoms with Gasteiger partial charge in [-0.2, -0.15) is 26.3 Å². The number of amides is 2. The highest BCUT2D eigenvalue weighted by Gasteiger charge is 2.33. The van der Waals surface area contributed by atoms with Gasteiger partial charge in [-0.25, -0.2) is 13.2 Å². The Bertz CT molecular complexity index is 2360. The smallest absolute Gasteiger partial charge is 0.399 e. The van der Waals surface area contributed by atoms with E-state index in [9.17, 15) is 49.1 Å². The molecule has 2 aliphatic heterocycles. The van der Waals surface area contributed by atoms with Gasteiger partial charge in [-0.1, -0.05) is 24.3 Å². The van der Waals surface area contributed by atoms with Crippen LogP contribution in [0.4, 0.5) is 62.3 Å². The second-order valence-corrected chi connectivity index (χ2v) is 14.5. The number of anilines is 4. The minimum absolute atomic E-state index is 0.216. The standard InChI is InChI=1S/C27H24F6N4O2.C15H13F3N2/c1-26(2,30)25(39)35-12-15-8-21(22(23(28)29)34-11-15)24(38)36-19-7-6-16-13-37(14-17(16)9-19)20-5-3-4-18(10-20)27(31,32)33;16-15(17,18)12-2-1-3-14(7-12)20-8-10-4-5-13(19)6-11(10)9-20/h3-11,23H,12-14H2,1-2H3,(H,35,39)(H,36,38);1-7H,8-9,19H2. The van der Waals surface area contributed by atoms with E-state index < -0.39 is 58.6 Å². The number of nitrogens with two attached hydrogens (primary N) is 1. The molecule has 0 atom stereocenters. The van der Waals surface area contributed by atoms with Gasteiger partial charge in [-0.3, -0.25) is 14.6 Å². The van der Waals surface area contributed by atoms with Crippen molar-refractivity contribution in [3.8, 4) is 0 Å². The number of carbonyl (C=O) groups is 2. The second kappa shape index (κ2) is 16.5. The fourth-order valence-electron chi connectivity index (χ4n) is 6.57. The first-order chi connectivity index (χ1) is 27.7. The molecule has 1 aromatic heterocycles. The molecule has 0 unspecified atom stereocenters. The van der Waals surface area contributed by atoms with Crippen LogP contribution in [0.3, 0.4) is 0 Å². The van der Waals surface area contributed by atoms with Gasteiger partial charge < -0.3 is 26.2 Å². The van der Waals surface area contributed by atoms with Crippen LogP contribution < -0.4 is 26.2 Å². The molecule has 310 valence electrons. The average Bonchev–Trinajstić information content (AvgIpc) is 3.80. The maximum absolute atomic E-state index is 13.7. The van der Waals surface area contributed by atoms with E-state index in [0.29, 0.717) is 42.4 Å². The molecule has 2 amide bonds. The maximum atomic E-state index is 13.7. The molecule has 4 N–H and O–H groups in total. The van der Waals surface area contributed by atoms with Crippen molar-refractivity contribution < 1.29 is 49.1 Å². The average molecular weight is 829 g/mol. The fraction of sp³-hybridized carbons (Fsp3) is 0.262. The number of carbonyl (C=O) groups excluding carboxylic acids is 2. The summed E-state index contributed by atoms with van der Waals surface area (Å²) in [6, 6.07) is 22.1. The number of rotatable bonds is 8. The van der Waals surface area contributed by atoms with E-state index in [1.54, 1.807) is 35.2 Å². The molecule has 8 nitrogen and oxygen atoms in total. The van der Waals surface area contributed by atoms with Crippen molar-refractivity contribution in [1.82, 2.24) is 10.3 Å². The van der Waals surface area contributed by atoms with Gasteiger partial charge in [0.1, 0.15) is 5.69 Å². The quantitative estimate of drug-likeness (QED) is 0.106. The molecule has 0 saturated carbocycles. The zero-order chi connectivity index (χ0) is 42.9. The normalized spacial score (nSPS) is 13.8. The van der Waals surface area contributed by atoms with Crippen LogP contribution in [-0.2, 0) is 49.9 Å². The zero-order valence-corrected chi connectivity index (χ0v) is 31.5. The molecule has 0 radical (unpaired) electrons. The molecular formula is C42H37F9N6O2. The monoisotopic (exact) mass is 828 g/mol. The first-order valence-corrected chi connectivity index (χ1v) is 18.0. The van der Waals surface area contributed by atoms with Crippen molar-refractivity contribution in [2.45, 2.75) is 71.0 Å². The predicted octanol–water partition coefficient (Wildman–Crippen LogP) is 9.98. The number of alkyl halides is 9. The molecule has 5 aromatic rings. The Morgan fingerprint density at radius 1 is 0.712 bits per heavy atom. The number of aromatic nitrogens is 1. The number of hydrogen-bond donors (Lipinski definition) is 3. The largest absolute Gasteiger partial charge is 0.416 e. The lowest BCUT2D eigenvalue weighted by Crippen LogP contribution is -2.38. The van der Waals surface area contributed by atoms with Crippen molar-refractivity contribution >= 4 is 34.6 Å². The van der Waals surface area contributed by atoms with Crippen molar-refractivity contribution in [1.29, 1.82) is 0 Å². The van der Waals surface area contributed by atoms with Crippen molar-refractivity contribution in [2.75, 3.05) is 20.9 Å². The third-order valence-corrected chi connectivity index (χ3v) is 9.64. The summed E-state index contributed by atoms with van der Waals surface area (Å²) in [7, 11) is 0. The third-order valence-electron chi connectivity index (χ3n) is 9.64. The van der Waals surface area contributed by atoms with Crippen LogP contribution in [-0.4, -0.2) is 22.5 Å². The van der Waals surface area contributed by atoms with Gasteiger partial charge in [0.15, 0.2) is 5.67 Å². The van der Waals surface area contributed by atoms with Gasteiger partial charge in [-0.15, -0.1) is 0 Å². The van der Waals surface area contributed by atoms with Crippen LogP contribution in [0.5, 0.6) is 0 Å². The predicted molar refractivity (Wildman–Crippen MR) is 204 cm³/mol. The van der Waals surface area contributed by atoms with Crippen LogP contribution in [0.1, 0.15) is 75.3 Å². The van der Waals surface area contributed by atoms with Crippen LogP contribution in [0, 0.1) is 0 Å².